The van der Waals surface area contributed by atoms with Gasteiger partial charge < -0.3 is 5.73 Å². The molecule has 1 aromatic rings. The van der Waals surface area contributed by atoms with Crippen molar-refractivity contribution in [1.82, 2.24) is 0 Å². The molecule has 0 amide bonds. The molecule has 0 aromatic heterocycles. The summed E-state index contributed by atoms with van der Waals surface area (Å²) in [5, 5.41) is 1.03. The van der Waals surface area contributed by atoms with Crippen molar-refractivity contribution in [2.24, 2.45) is 10.6 Å². The van der Waals surface area contributed by atoms with E-state index in [9.17, 15) is 0 Å². The number of nitrogens with zero attached hydrogens (tertiary/aromatic N) is 3. The van der Waals surface area contributed by atoms with Crippen LogP contribution in [0.1, 0.15) is 5.56 Å². The molecule has 0 aliphatic carbocycles. The van der Waals surface area contributed by atoms with Gasteiger partial charge in [-0.1, -0.05) is 17.0 Å². The summed E-state index contributed by atoms with van der Waals surface area (Å²) in [6.45, 7) is 1.90. The predicted molar refractivity (Wildman–Crippen MR) is 59.1 cm³/mol. The van der Waals surface area contributed by atoms with Gasteiger partial charge in [-0.25, -0.2) is 0 Å². The van der Waals surface area contributed by atoms with Gasteiger partial charge in [-0.15, -0.1) is 0 Å². The monoisotopic (exact) mass is 204 g/mol. The third-order valence-electron chi connectivity index (χ3n) is 1.63. The molecule has 0 radical (unpaired) electrons. The zero-order chi connectivity index (χ0) is 10.4. The normalized spacial score (nSPS) is 10.6. The Hall–Kier alpha value is -1.68. The molecule has 0 saturated carbocycles. The highest BCUT2D eigenvalue weighted by Crippen LogP contribution is 2.30. The first-order chi connectivity index (χ1) is 6.77. The summed E-state index contributed by atoms with van der Waals surface area (Å²) in [6.07, 6.45) is 0. The van der Waals surface area contributed by atoms with Crippen molar-refractivity contribution >= 4 is 13.4 Å². The van der Waals surface area contributed by atoms with Crippen molar-refractivity contribution in [2.75, 3.05) is 6.66 Å². The summed E-state index contributed by atoms with van der Waals surface area (Å²) < 4.78 is 0. The fourth-order valence-corrected chi connectivity index (χ4v) is 1.76. The molecule has 1 rings (SSSR count). The minimum atomic E-state index is -0.769. The van der Waals surface area contributed by atoms with Gasteiger partial charge in [-0.3, -0.25) is 0 Å². The minimum Gasteiger partial charge on any atom is -0.359 e. The van der Waals surface area contributed by atoms with E-state index in [-0.39, 0.29) is 0 Å². The second-order valence-corrected chi connectivity index (χ2v) is 4.26. The van der Waals surface area contributed by atoms with Crippen molar-refractivity contribution in [1.29, 1.82) is 0 Å². The van der Waals surface area contributed by atoms with Crippen LogP contribution < -0.4 is 11.0 Å². The smallest absolute Gasteiger partial charge is 0.0264 e. The lowest BCUT2D eigenvalue weighted by Crippen LogP contribution is -1.96. The van der Waals surface area contributed by atoms with E-state index >= 15 is 0 Å². The Balaban J connectivity index is 2.91. The highest BCUT2D eigenvalue weighted by atomic mass is 31.1. The van der Waals surface area contributed by atoms with Crippen LogP contribution in [0.4, 0.5) is 0 Å². The van der Waals surface area contributed by atoms with Crippen LogP contribution in [0.25, 0.3) is 10.4 Å². The highest BCUT2D eigenvalue weighted by Gasteiger charge is 2.00. The maximum absolute atomic E-state index is 8.27. The Labute approximate surface area is 83.6 Å². The third-order valence-corrected chi connectivity index (χ3v) is 3.03. The number of nitrogens with two attached hydrogens (primary N) is 1. The van der Waals surface area contributed by atoms with Gasteiger partial charge in [0, 0.05) is 24.6 Å². The summed E-state index contributed by atoms with van der Waals surface area (Å²) in [7, 11) is -0.769. The molecular formula is C9H9N4P. The van der Waals surface area contributed by atoms with Gasteiger partial charge in [0.05, 0.1) is 0 Å². The lowest BCUT2D eigenvalue weighted by molar-refractivity contribution is 1.65. The molecule has 0 bridgehead atoms. The van der Waals surface area contributed by atoms with E-state index in [0.29, 0.717) is 0 Å². The second-order valence-electron chi connectivity index (χ2n) is 2.52. The Morgan fingerprint density at radius 3 is 2.57 bits per heavy atom. The summed E-state index contributed by atoms with van der Waals surface area (Å²) in [5.41, 5.74) is 14.2. The summed E-state index contributed by atoms with van der Waals surface area (Å²) in [4.78, 5) is 6.43. The molecule has 14 heavy (non-hydrogen) atoms. The number of benzene rings is 1. The number of azide groups is 1. The summed E-state index contributed by atoms with van der Waals surface area (Å²) in [6, 6.07) is 9.86. The van der Waals surface area contributed by atoms with E-state index in [1.165, 1.54) is 0 Å². The van der Waals surface area contributed by atoms with Crippen LogP contribution in [-0.2, 0) is 0 Å². The lowest BCUT2D eigenvalue weighted by atomic mass is 10.2. The summed E-state index contributed by atoms with van der Waals surface area (Å²) in [5.74, 6) is 2.74. The standard InChI is InChI=1S/C9H9N4P/c1-14(13-12-11)9-4-2-8(3-5-9)6-7-10/h2-5H,10H2,1H3. The van der Waals surface area contributed by atoms with Crippen molar-refractivity contribution < 1.29 is 0 Å². The molecule has 0 aliphatic rings. The first-order valence-electron chi connectivity index (χ1n) is 3.88. The topological polar surface area (TPSA) is 74.8 Å². The average Bonchev–Trinajstić information content (AvgIpc) is 2.20. The Morgan fingerprint density at radius 2 is 2.07 bits per heavy atom. The van der Waals surface area contributed by atoms with Crippen LogP contribution >= 0.6 is 8.07 Å². The fraction of sp³-hybridized carbons (Fsp3) is 0.111. The maximum Gasteiger partial charge on any atom is 0.0264 e. The average molecular weight is 204 g/mol. The zero-order valence-electron chi connectivity index (χ0n) is 7.68. The maximum atomic E-state index is 8.27. The van der Waals surface area contributed by atoms with Gasteiger partial charge in [0.25, 0.3) is 0 Å². The fourth-order valence-electron chi connectivity index (χ4n) is 0.955. The van der Waals surface area contributed by atoms with Crippen LogP contribution in [0, 0.1) is 12.0 Å². The Bertz CT molecular complexity index is 409. The molecule has 1 unspecified atom stereocenters. The second kappa shape index (κ2) is 5.14. The van der Waals surface area contributed by atoms with Crippen molar-refractivity contribution in [3.63, 3.8) is 0 Å². The van der Waals surface area contributed by atoms with Crippen molar-refractivity contribution in [3.05, 3.63) is 40.3 Å². The Morgan fingerprint density at radius 1 is 1.43 bits per heavy atom. The molecule has 5 heteroatoms. The van der Waals surface area contributed by atoms with Crippen molar-refractivity contribution in [3.8, 4) is 12.0 Å². The highest BCUT2D eigenvalue weighted by molar-refractivity contribution is 7.63. The molecule has 1 aromatic carbocycles. The molecule has 0 aliphatic heterocycles. The van der Waals surface area contributed by atoms with Gasteiger partial charge in [-0.05, 0) is 35.6 Å². The molecule has 0 saturated heterocycles. The molecule has 0 fully saturated rings. The number of rotatable bonds is 2. The molecule has 1 atom stereocenters. The zero-order valence-corrected chi connectivity index (χ0v) is 8.57. The molecule has 2 N–H and O–H groups in total. The van der Waals surface area contributed by atoms with E-state index in [2.05, 4.69) is 21.8 Å². The molecule has 4 nitrogen and oxygen atoms in total. The van der Waals surface area contributed by atoms with Crippen LogP contribution in [0.3, 0.4) is 0 Å². The largest absolute Gasteiger partial charge is 0.359 e. The first-order valence-corrected chi connectivity index (χ1v) is 5.62. The van der Waals surface area contributed by atoms with Crippen LogP contribution in [0.2, 0.25) is 0 Å². The minimum absolute atomic E-state index is 0.769. The molecule has 0 spiro atoms. The van der Waals surface area contributed by atoms with E-state index in [1.807, 2.05) is 30.9 Å². The van der Waals surface area contributed by atoms with Gasteiger partial charge in [0.1, 0.15) is 0 Å². The first kappa shape index (κ1) is 10.4. The number of hydrogen-bond acceptors (Lipinski definition) is 2. The summed E-state index contributed by atoms with van der Waals surface area (Å²) >= 11 is 0. The lowest BCUT2D eigenvalue weighted by Gasteiger charge is -2.03. The van der Waals surface area contributed by atoms with E-state index in [0.717, 1.165) is 10.9 Å². The molecular weight excluding hydrogens is 195 g/mol. The quantitative estimate of drug-likeness (QED) is 0.196. The van der Waals surface area contributed by atoms with Crippen LogP contribution in [0.5, 0.6) is 0 Å². The van der Waals surface area contributed by atoms with Crippen LogP contribution in [-0.4, -0.2) is 6.66 Å². The van der Waals surface area contributed by atoms with Gasteiger partial charge in [0.2, 0.25) is 0 Å². The van der Waals surface area contributed by atoms with Gasteiger partial charge in [-0.2, -0.15) is 0 Å². The van der Waals surface area contributed by atoms with E-state index < -0.39 is 8.07 Å². The van der Waals surface area contributed by atoms with Gasteiger partial charge in [0.15, 0.2) is 0 Å². The van der Waals surface area contributed by atoms with Gasteiger partial charge >= 0.3 is 0 Å². The van der Waals surface area contributed by atoms with E-state index in [1.54, 1.807) is 0 Å². The number of hydrogen-bond donors (Lipinski definition) is 1. The van der Waals surface area contributed by atoms with Crippen LogP contribution in [0.15, 0.2) is 29.2 Å². The predicted octanol–water partition coefficient (Wildman–Crippen LogP) is 1.92. The van der Waals surface area contributed by atoms with Crippen molar-refractivity contribution in [2.45, 2.75) is 0 Å². The van der Waals surface area contributed by atoms with E-state index in [4.69, 9.17) is 11.3 Å². The SMILES string of the molecule is CP(N=[N+]=[N-])c1ccc(C#CN)cc1. The molecule has 0 heterocycles. The molecule has 70 valence electrons. The Kier molecular flexibility index (Phi) is 3.82. The third kappa shape index (κ3) is 2.67.